The molecule has 1 heterocycles. The van der Waals surface area contributed by atoms with Crippen LogP contribution in [0.3, 0.4) is 0 Å². The van der Waals surface area contributed by atoms with Gasteiger partial charge in [-0.05, 0) is 37.6 Å². The highest BCUT2D eigenvalue weighted by Crippen LogP contribution is 2.13. The van der Waals surface area contributed by atoms with Gasteiger partial charge in [-0.25, -0.2) is 4.68 Å². The van der Waals surface area contributed by atoms with E-state index in [0.29, 0.717) is 19.7 Å². The summed E-state index contributed by atoms with van der Waals surface area (Å²) in [5.74, 6) is 0.450. The molecule has 0 unspecified atom stereocenters. The molecule has 1 amide bonds. The van der Waals surface area contributed by atoms with Crippen molar-refractivity contribution in [1.82, 2.24) is 15.1 Å². The van der Waals surface area contributed by atoms with E-state index < -0.39 is 0 Å². The Balaban J connectivity index is 1.96. The van der Waals surface area contributed by atoms with Crippen molar-refractivity contribution in [3.05, 3.63) is 58.0 Å². The lowest BCUT2D eigenvalue weighted by Crippen LogP contribution is -2.30. The van der Waals surface area contributed by atoms with Gasteiger partial charge in [0.25, 0.3) is 11.5 Å². The molecule has 1 aromatic heterocycles. The molecule has 1 aromatic carbocycles. The van der Waals surface area contributed by atoms with Crippen LogP contribution in [-0.4, -0.2) is 35.5 Å². The molecule has 0 aliphatic rings. The molecule has 0 saturated heterocycles. The van der Waals surface area contributed by atoms with Crippen molar-refractivity contribution in [3.8, 4) is 5.75 Å². The van der Waals surface area contributed by atoms with E-state index in [-0.39, 0.29) is 23.3 Å². The molecule has 0 radical (unpaired) electrons. The number of aromatic nitrogens is 2. The Labute approximate surface area is 146 Å². The van der Waals surface area contributed by atoms with Crippen molar-refractivity contribution in [2.24, 2.45) is 0 Å². The highest BCUT2D eigenvalue weighted by molar-refractivity contribution is 5.91. The molecule has 0 fully saturated rings. The minimum Gasteiger partial charge on any atom is -0.491 e. The Bertz CT molecular complexity index is 754. The van der Waals surface area contributed by atoms with E-state index in [2.05, 4.69) is 10.4 Å². The van der Waals surface area contributed by atoms with Crippen molar-refractivity contribution in [3.63, 3.8) is 0 Å². The molecule has 7 nitrogen and oxygen atoms in total. The summed E-state index contributed by atoms with van der Waals surface area (Å²) in [6.07, 6.45) is 0.116. The van der Waals surface area contributed by atoms with Gasteiger partial charge in [0, 0.05) is 19.7 Å². The highest BCUT2D eigenvalue weighted by atomic mass is 16.5. The summed E-state index contributed by atoms with van der Waals surface area (Å²) in [7, 11) is 1.54. The number of ether oxygens (including phenoxy) is 2. The molecule has 134 valence electrons. The number of methoxy groups -OCH3 is 1. The van der Waals surface area contributed by atoms with Gasteiger partial charge in [-0.3, -0.25) is 9.59 Å². The van der Waals surface area contributed by atoms with E-state index in [1.54, 1.807) is 7.11 Å². The van der Waals surface area contributed by atoms with Gasteiger partial charge in [0.15, 0.2) is 0 Å². The van der Waals surface area contributed by atoms with Crippen LogP contribution in [0.2, 0.25) is 0 Å². The molecule has 25 heavy (non-hydrogen) atoms. The molecule has 2 aromatic rings. The van der Waals surface area contributed by atoms with Crippen molar-refractivity contribution in [2.45, 2.75) is 33.0 Å². The fraction of sp³-hybridized carbons (Fsp3) is 0.389. The van der Waals surface area contributed by atoms with Gasteiger partial charge >= 0.3 is 0 Å². The first kappa shape index (κ1) is 18.7. The molecule has 0 atom stereocenters. The van der Waals surface area contributed by atoms with Gasteiger partial charge in [-0.15, -0.1) is 0 Å². The lowest BCUT2D eigenvalue weighted by Gasteiger charge is -2.10. The predicted molar refractivity (Wildman–Crippen MR) is 93.7 cm³/mol. The van der Waals surface area contributed by atoms with E-state index in [9.17, 15) is 9.59 Å². The molecule has 7 heteroatoms. The molecule has 0 aliphatic heterocycles. The quantitative estimate of drug-likeness (QED) is 0.786. The van der Waals surface area contributed by atoms with E-state index in [0.717, 1.165) is 11.3 Å². The van der Waals surface area contributed by atoms with E-state index in [1.807, 2.05) is 38.1 Å². The third-order valence-electron chi connectivity index (χ3n) is 3.35. The van der Waals surface area contributed by atoms with Gasteiger partial charge in [-0.1, -0.05) is 12.1 Å². The smallest absolute Gasteiger partial charge is 0.271 e. The zero-order chi connectivity index (χ0) is 18.2. The number of nitrogens with zero attached hydrogens (tertiary/aromatic N) is 2. The highest BCUT2D eigenvalue weighted by Gasteiger charge is 2.09. The first-order valence-corrected chi connectivity index (χ1v) is 8.10. The fourth-order valence-corrected chi connectivity index (χ4v) is 2.14. The summed E-state index contributed by atoms with van der Waals surface area (Å²) in [5, 5.41) is 6.85. The summed E-state index contributed by atoms with van der Waals surface area (Å²) in [6.45, 7) is 4.94. The second kappa shape index (κ2) is 8.98. The third-order valence-corrected chi connectivity index (χ3v) is 3.35. The number of carbonyl (C=O) groups excluding carboxylic acids is 1. The summed E-state index contributed by atoms with van der Waals surface area (Å²) < 4.78 is 11.7. The zero-order valence-electron chi connectivity index (χ0n) is 14.7. The van der Waals surface area contributed by atoms with Gasteiger partial charge in [-0.2, -0.15) is 5.10 Å². The Hall–Kier alpha value is -2.67. The maximum absolute atomic E-state index is 12.2. The standard InChI is InChI=1S/C18H23N3O4/c1-13(2)25-15-6-4-14(5-7-15)12-19-18(23)16-8-9-17(22)21(20-16)10-11-24-3/h4-9,13H,10-12H2,1-3H3,(H,19,23). The molecule has 1 N–H and O–H groups in total. The van der Waals surface area contributed by atoms with E-state index in [4.69, 9.17) is 9.47 Å². The van der Waals surface area contributed by atoms with Gasteiger partial charge in [0.2, 0.25) is 0 Å². The minimum atomic E-state index is -0.339. The average molecular weight is 345 g/mol. The summed E-state index contributed by atoms with van der Waals surface area (Å²) >= 11 is 0. The maximum atomic E-state index is 12.2. The van der Waals surface area contributed by atoms with Crippen LogP contribution < -0.4 is 15.6 Å². The van der Waals surface area contributed by atoms with Crippen molar-refractivity contribution >= 4 is 5.91 Å². The molecular formula is C18H23N3O4. The second-order valence-corrected chi connectivity index (χ2v) is 5.77. The van der Waals surface area contributed by atoms with E-state index >= 15 is 0 Å². The number of nitrogens with one attached hydrogen (secondary N) is 1. The summed E-state index contributed by atoms with van der Waals surface area (Å²) in [4.78, 5) is 23.9. The molecular weight excluding hydrogens is 322 g/mol. The first-order valence-electron chi connectivity index (χ1n) is 8.10. The van der Waals surface area contributed by atoms with Gasteiger partial charge in [0.1, 0.15) is 11.4 Å². The predicted octanol–water partition coefficient (Wildman–Crippen LogP) is 1.61. The molecule has 2 rings (SSSR count). The Morgan fingerprint density at radius 3 is 2.56 bits per heavy atom. The number of hydrogen-bond donors (Lipinski definition) is 1. The maximum Gasteiger partial charge on any atom is 0.271 e. The summed E-state index contributed by atoms with van der Waals surface area (Å²) in [5.41, 5.74) is 0.863. The lowest BCUT2D eigenvalue weighted by atomic mass is 10.2. The minimum absolute atomic E-state index is 0.116. The van der Waals surface area contributed by atoms with Crippen molar-refractivity contribution in [2.75, 3.05) is 13.7 Å². The van der Waals surface area contributed by atoms with Crippen LogP contribution in [0.15, 0.2) is 41.2 Å². The van der Waals surface area contributed by atoms with Crippen LogP contribution in [-0.2, 0) is 17.8 Å². The third kappa shape index (κ3) is 5.72. The first-order chi connectivity index (χ1) is 12.0. The molecule has 0 spiro atoms. The van der Waals surface area contributed by atoms with Gasteiger partial charge < -0.3 is 14.8 Å². The Morgan fingerprint density at radius 2 is 1.92 bits per heavy atom. The largest absolute Gasteiger partial charge is 0.491 e. The van der Waals surface area contributed by atoms with Crippen molar-refractivity contribution in [1.29, 1.82) is 0 Å². The molecule has 0 aliphatic carbocycles. The summed E-state index contributed by atoms with van der Waals surface area (Å²) in [6, 6.07) is 10.3. The van der Waals surface area contributed by atoms with Crippen LogP contribution >= 0.6 is 0 Å². The Morgan fingerprint density at radius 1 is 1.20 bits per heavy atom. The van der Waals surface area contributed by atoms with Crippen LogP contribution in [0, 0.1) is 0 Å². The van der Waals surface area contributed by atoms with Crippen LogP contribution in [0.4, 0.5) is 0 Å². The molecule has 0 saturated carbocycles. The normalized spacial score (nSPS) is 10.7. The number of carbonyl (C=O) groups is 1. The SMILES string of the molecule is COCCn1nc(C(=O)NCc2ccc(OC(C)C)cc2)ccc1=O. The zero-order valence-corrected chi connectivity index (χ0v) is 14.7. The molecule has 0 bridgehead atoms. The Kier molecular flexibility index (Phi) is 6.71. The number of hydrogen-bond acceptors (Lipinski definition) is 5. The monoisotopic (exact) mass is 345 g/mol. The van der Waals surface area contributed by atoms with Crippen LogP contribution in [0.1, 0.15) is 29.9 Å². The van der Waals surface area contributed by atoms with Gasteiger partial charge in [0.05, 0.1) is 19.3 Å². The lowest BCUT2D eigenvalue weighted by molar-refractivity contribution is 0.0942. The van der Waals surface area contributed by atoms with Crippen molar-refractivity contribution < 1.29 is 14.3 Å². The van der Waals surface area contributed by atoms with Crippen LogP contribution in [0.25, 0.3) is 0 Å². The van der Waals surface area contributed by atoms with Crippen LogP contribution in [0.5, 0.6) is 5.75 Å². The topological polar surface area (TPSA) is 82.5 Å². The average Bonchev–Trinajstić information content (AvgIpc) is 2.59. The number of benzene rings is 1. The van der Waals surface area contributed by atoms with E-state index in [1.165, 1.54) is 16.8 Å². The fourth-order valence-electron chi connectivity index (χ4n) is 2.14. The number of rotatable bonds is 8. The second-order valence-electron chi connectivity index (χ2n) is 5.77. The number of amides is 1.